The van der Waals surface area contributed by atoms with Crippen molar-refractivity contribution in [3.05, 3.63) is 29.8 Å². The third-order valence-electron chi connectivity index (χ3n) is 3.98. The summed E-state index contributed by atoms with van der Waals surface area (Å²) >= 11 is 0. The van der Waals surface area contributed by atoms with Gasteiger partial charge in [0.05, 0.1) is 0 Å². The van der Waals surface area contributed by atoms with Crippen LogP contribution in [0.3, 0.4) is 0 Å². The summed E-state index contributed by atoms with van der Waals surface area (Å²) in [4.78, 5) is 0. The van der Waals surface area contributed by atoms with E-state index < -0.39 is 10.2 Å². The molecule has 0 radical (unpaired) electrons. The molecule has 1 aliphatic heterocycles. The molecule has 1 unspecified atom stereocenters. The molecule has 2 rings (SSSR count). The number of hydrogen-bond acceptors (Lipinski definition) is 3. The molecule has 0 spiro atoms. The van der Waals surface area contributed by atoms with Gasteiger partial charge in [0.2, 0.25) is 0 Å². The summed E-state index contributed by atoms with van der Waals surface area (Å²) in [5.74, 6) is 0.430. The van der Waals surface area contributed by atoms with Gasteiger partial charge >= 0.3 is 10.2 Å². The first kappa shape index (κ1) is 16.3. The van der Waals surface area contributed by atoms with Gasteiger partial charge in [0.25, 0.3) is 0 Å². The Kier molecular flexibility index (Phi) is 5.24. The van der Waals surface area contributed by atoms with E-state index in [4.69, 9.17) is 5.73 Å². The van der Waals surface area contributed by atoms with Crippen molar-refractivity contribution in [2.75, 3.05) is 17.8 Å². The minimum Gasteiger partial charge on any atom is -0.329 e. The molecule has 1 heterocycles. The lowest BCUT2D eigenvalue weighted by Crippen LogP contribution is -2.49. The monoisotopic (exact) mass is 311 g/mol. The van der Waals surface area contributed by atoms with Crippen molar-refractivity contribution in [3.8, 4) is 0 Å². The Bertz CT molecular complexity index is 555. The van der Waals surface area contributed by atoms with Gasteiger partial charge in [-0.25, -0.2) is 0 Å². The second-order valence-corrected chi connectivity index (χ2v) is 7.50. The molecule has 6 heteroatoms. The molecule has 118 valence electrons. The van der Waals surface area contributed by atoms with Crippen LogP contribution in [0.5, 0.6) is 0 Å². The molecule has 1 atom stereocenters. The van der Waals surface area contributed by atoms with Crippen molar-refractivity contribution in [1.29, 1.82) is 0 Å². The molecular formula is C15H25N3O2S. The highest BCUT2D eigenvalue weighted by molar-refractivity contribution is 7.90. The normalized spacial score (nSPS) is 20.7. The van der Waals surface area contributed by atoms with Gasteiger partial charge in [-0.1, -0.05) is 32.4 Å². The molecule has 0 bridgehead atoms. The third-order valence-corrected chi connectivity index (χ3v) is 5.57. The van der Waals surface area contributed by atoms with E-state index in [0.717, 1.165) is 19.3 Å². The number of nitrogens with one attached hydrogen (secondary N) is 1. The quantitative estimate of drug-likeness (QED) is 0.876. The number of anilines is 1. The molecule has 3 N–H and O–H groups in total. The standard InChI is InChI=1S/C15H25N3O2S/c1-12(2)13-6-8-14(9-7-13)17-21(19,20)18-10-4-3-5-15(18)11-16/h6-9,12,15,17H,3-5,10-11,16H2,1-2H3. The maximum atomic E-state index is 12.5. The first-order chi connectivity index (χ1) is 9.94. The molecule has 0 aromatic heterocycles. The first-order valence-electron chi connectivity index (χ1n) is 7.53. The van der Waals surface area contributed by atoms with Gasteiger partial charge in [0.15, 0.2) is 0 Å². The van der Waals surface area contributed by atoms with Crippen molar-refractivity contribution >= 4 is 15.9 Å². The summed E-state index contributed by atoms with van der Waals surface area (Å²) in [5.41, 5.74) is 7.49. The highest BCUT2D eigenvalue weighted by Crippen LogP contribution is 2.23. The summed E-state index contributed by atoms with van der Waals surface area (Å²) in [6, 6.07) is 7.45. The molecule has 5 nitrogen and oxygen atoms in total. The molecular weight excluding hydrogens is 286 g/mol. The predicted molar refractivity (Wildman–Crippen MR) is 86.5 cm³/mol. The van der Waals surface area contributed by atoms with E-state index in [1.165, 1.54) is 9.87 Å². The van der Waals surface area contributed by atoms with Crippen molar-refractivity contribution in [2.24, 2.45) is 5.73 Å². The van der Waals surface area contributed by atoms with Crippen LogP contribution in [0.4, 0.5) is 5.69 Å². The van der Waals surface area contributed by atoms with Crippen molar-refractivity contribution < 1.29 is 8.42 Å². The number of piperidine rings is 1. The highest BCUT2D eigenvalue weighted by atomic mass is 32.2. The van der Waals surface area contributed by atoms with Crippen LogP contribution in [-0.2, 0) is 10.2 Å². The van der Waals surface area contributed by atoms with Crippen molar-refractivity contribution in [3.63, 3.8) is 0 Å². The number of hydrogen-bond donors (Lipinski definition) is 2. The average molecular weight is 311 g/mol. The smallest absolute Gasteiger partial charge is 0.301 e. The van der Waals surface area contributed by atoms with Crippen LogP contribution in [0.1, 0.15) is 44.6 Å². The molecule has 0 aliphatic carbocycles. The van der Waals surface area contributed by atoms with E-state index >= 15 is 0 Å². The Morgan fingerprint density at radius 1 is 1.29 bits per heavy atom. The van der Waals surface area contributed by atoms with Crippen LogP contribution in [0, 0.1) is 0 Å². The SMILES string of the molecule is CC(C)c1ccc(NS(=O)(=O)N2CCCCC2CN)cc1. The average Bonchev–Trinajstić information content (AvgIpc) is 2.47. The van der Waals surface area contributed by atoms with E-state index in [1.54, 1.807) is 0 Å². The zero-order chi connectivity index (χ0) is 15.5. The second-order valence-electron chi connectivity index (χ2n) is 5.88. The zero-order valence-electron chi connectivity index (χ0n) is 12.7. The molecule has 1 aromatic carbocycles. The topological polar surface area (TPSA) is 75.4 Å². The zero-order valence-corrected chi connectivity index (χ0v) is 13.6. The fourth-order valence-corrected chi connectivity index (χ4v) is 4.17. The number of nitrogens with zero attached hydrogens (tertiary/aromatic N) is 1. The Balaban J connectivity index is 2.12. The lowest BCUT2D eigenvalue weighted by atomic mass is 10.0. The van der Waals surface area contributed by atoms with Crippen LogP contribution in [0.25, 0.3) is 0 Å². The molecule has 21 heavy (non-hydrogen) atoms. The largest absolute Gasteiger partial charge is 0.329 e. The Morgan fingerprint density at radius 2 is 1.95 bits per heavy atom. The first-order valence-corrected chi connectivity index (χ1v) is 8.97. The van der Waals surface area contributed by atoms with Gasteiger partial charge in [-0.3, -0.25) is 4.72 Å². The molecule has 0 amide bonds. The minimum absolute atomic E-state index is 0.0915. The van der Waals surface area contributed by atoms with E-state index in [2.05, 4.69) is 18.6 Å². The lowest BCUT2D eigenvalue weighted by molar-refractivity contribution is 0.259. The Hall–Kier alpha value is -1.11. The summed E-state index contributed by atoms with van der Waals surface area (Å²) in [6.45, 7) is 5.13. The van der Waals surface area contributed by atoms with Gasteiger partial charge in [-0.05, 0) is 36.5 Å². The summed E-state index contributed by atoms with van der Waals surface area (Å²) < 4.78 is 29.2. The van der Waals surface area contributed by atoms with Crippen LogP contribution in [-0.4, -0.2) is 31.9 Å². The second kappa shape index (κ2) is 6.77. The van der Waals surface area contributed by atoms with Crippen LogP contribution < -0.4 is 10.5 Å². The number of benzene rings is 1. The lowest BCUT2D eigenvalue weighted by Gasteiger charge is -2.33. The molecule has 1 aliphatic rings. The Morgan fingerprint density at radius 3 is 2.52 bits per heavy atom. The minimum atomic E-state index is -3.53. The van der Waals surface area contributed by atoms with Crippen LogP contribution in [0.2, 0.25) is 0 Å². The van der Waals surface area contributed by atoms with E-state index in [9.17, 15) is 8.42 Å². The van der Waals surface area contributed by atoms with Crippen LogP contribution >= 0.6 is 0 Å². The van der Waals surface area contributed by atoms with E-state index in [1.807, 2.05) is 24.3 Å². The van der Waals surface area contributed by atoms with Gasteiger partial charge in [-0.15, -0.1) is 0 Å². The van der Waals surface area contributed by atoms with Crippen LogP contribution in [0.15, 0.2) is 24.3 Å². The fourth-order valence-electron chi connectivity index (χ4n) is 2.67. The highest BCUT2D eigenvalue weighted by Gasteiger charge is 2.31. The fraction of sp³-hybridized carbons (Fsp3) is 0.600. The number of rotatable bonds is 5. The van der Waals surface area contributed by atoms with Crippen molar-refractivity contribution in [1.82, 2.24) is 4.31 Å². The molecule has 1 fully saturated rings. The molecule has 1 saturated heterocycles. The van der Waals surface area contributed by atoms with Gasteiger partial charge < -0.3 is 5.73 Å². The summed E-state index contributed by atoms with van der Waals surface area (Å²) in [7, 11) is -3.53. The summed E-state index contributed by atoms with van der Waals surface area (Å²) in [6.07, 6.45) is 2.77. The van der Waals surface area contributed by atoms with E-state index in [0.29, 0.717) is 24.7 Å². The Labute approximate surface area is 127 Å². The third kappa shape index (κ3) is 3.96. The van der Waals surface area contributed by atoms with Gasteiger partial charge in [0, 0.05) is 24.8 Å². The van der Waals surface area contributed by atoms with Gasteiger partial charge in [-0.2, -0.15) is 12.7 Å². The molecule has 1 aromatic rings. The van der Waals surface area contributed by atoms with E-state index in [-0.39, 0.29) is 6.04 Å². The predicted octanol–water partition coefficient (Wildman–Crippen LogP) is 2.28. The van der Waals surface area contributed by atoms with Crippen molar-refractivity contribution in [2.45, 2.75) is 45.1 Å². The maximum absolute atomic E-state index is 12.5. The summed E-state index contributed by atoms with van der Waals surface area (Å²) in [5, 5.41) is 0. The molecule has 0 saturated carbocycles. The maximum Gasteiger partial charge on any atom is 0.301 e. The van der Waals surface area contributed by atoms with Gasteiger partial charge in [0.1, 0.15) is 0 Å². The number of nitrogens with two attached hydrogens (primary N) is 1.